The minimum atomic E-state index is -0.0432. The molecule has 1 aliphatic rings. The summed E-state index contributed by atoms with van der Waals surface area (Å²) in [5, 5.41) is 12.4. The molecule has 0 bridgehead atoms. The number of nitrogens with one attached hydrogen (secondary N) is 1. The molecule has 1 aromatic carbocycles. The van der Waals surface area contributed by atoms with Crippen molar-refractivity contribution in [1.29, 1.82) is 0 Å². The zero-order valence-electron chi connectivity index (χ0n) is 11.8. The first-order chi connectivity index (χ1) is 10.1. The molecule has 116 valence electrons. The number of anilines is 1. The SMILES string of the molecule is O=C(CN1CCCCCC1CO)Nc1ccc(Br)cc1Br. The molecule has 2 N–H and O–H groups in total. The maximum absolute atomic E-state index is 12.2. The number of hydrogen-bond donors (Lipinski definition) is 2. The van der Waals surface area contributed by atoms with Crippen LogP contribution in [-0.2, 0) is 4.79 Å². The molecule has 1 aromatic rings. The van der Waals surface area contributed by atoms with Crippen LogP contribution in [0.15, 0.2) is 27.1 Å². The third-order valence-electron chi connectivity index (χ3n) is 3.76. The number of aliphatic hydroxyl groups is 1. The summed E-state index contributed by atoms with van der Waals surface area (Å²) in [7, 11) is 0. The topological polar surface area (TPSA) is 52.6 Å². The van der Waals surface area contributed by atoms with Crippen molar-refractivity contribution in [2.45, 2.75) is 31.7 Å². The number of aliphatic hydroxyl groups excluding tert-OH is 1. The van der Waals surface area contributed by atoms with Crippen molar-refractivity contribution in [2.24, 2.45) is 0 Å². The summed E-state index contributed by atoms with van der Waals surface area (Å²) >= 11 is 6.83. The van der Waals surface area contributed by atoms with E-state index in [9.17, 15) is 9.90 Å². The number of benzene rings is 1. The smallest absolute Gasteiger partial charge is 0.238 e. The van der Waals surface area contributed by atoms with Crippen LogP contribution in [-0.4, -0.2) is 41.7 Å². The molecule has 0 aromatic heterocycles. The van der Waals surface area contributed by atoms with E-state index in [0.717, 1.165) is 40.4 Å². The predicted octanol–water partition coefficient (Wildman–Crippen LogP) is 3.39. The molecule has 21 heavy (non-hydrogen) atoms. The van der Waals surface area contributed by atoms with Crippen molar-refractivity contribution in [3.63, 3.8) is 0 Å². The summed E-state index contributed by atoms with van der Waals surface area (Å²) < 4.78 is 1.81. The van der Waals surface area contributed by atoms with Gasteiger partial charge in [0.2, 0.25) is 5.91 Å². The van der Waals surface area contributed by atoms with Gasteiger partial charge in [0.15, 0.2) is 0 Å². The van der Waals surface area contributed by atoms with Crippen molar-refractivity contribution >= 4 is 43.5 Å². The average Bonchev–Trinajstić information content (AvgIpc) is 2.67. The second kappa shape index (κ2) is 8.27. The highest BCUT2D eigenvalue weighted by Gasteiger charge is 2.22. The number of likely N-dealkylation sites (tertiary alicyclic amines) is 1. The molecule has 1 heterocycles. The molecule has 1 fully saturated rings. The lowest BCUT2D eigenvalue weighted by molar-refractivity contribution is -0.118. The molecule has 1 amide bonds. The van der Waals surface area contributed by atoms with E-state index in [1.165, 1.54) is 6.42 Å². The molecule has 0 aliphatic carbocycles. The zero-order chi connectivity index (χ0) is 15.2. The van der Waals surface area contributed by atoms with E-state index in [0.29, 0.717) is 6.54 Å². The van der Waals surface area contributed by atoms with Crippen LogP contribution in [0.3, 0.4) is 0 Å². The number of rotatable bonds is 4. The van der Waals surface area contributed by atoms with Gasteiger partial charge in [-0.05, 0) is 53.5 Å². The molecular weight excluding hydrogens is 400 g/mol. The predicted molar refractivity (Wildman–Crippen MR) is 91.4 cm³/mol. The largest absolute Gasteiger partial charge is 0.395 e. The number of amides is 1. The first-order valence-electron chi connectivity index (χ1n) is 7.20. The maximum atomic E-state index is 12.2. The second-order valence-electron chi connectivity index (χ2n) is 5.33. The van der Waals surface area contributed by atoms with E-state index in [1.54, 1.807) is 0 Å². The molecule has 0 saturated carbocycles. The number of hydrogen-bond acceptors (Lipinski definition) is 3. The van der Waals surface area contributed by atoms with Gasteiger partial charge in [0.05, 0.1) is 18.8 Å². The van der Waals surface area contributed by atoms with Crippen LogP contribution in [0, 0.1) is 0 Å². The van der Waals surface area contributed by atoms with Crippen LogP contribution in [0.25, 0.3) is 0 Å². The van der Waals surface area contributed by atoms with E-state index in [4.69, 9.17) is 0 Å². The highest BCUT2D eigenvalue weighted by molar-refractivity contribution is 9.11. The Kier molecular flexibility index (Phi) is 6.67. The molecule has 6 heteroatoms. The van der Waals surface area contributed by atoms with Gasteiger partial charge in [-0.1, -0.05) is 28.8 Å². The molecule has 2 rings (SSSR count). The lowest BCUT2D eigenvalue weighted by atomic mass is 10.1. The standard InChI is InChI=1S/C15H20Br2N2O2/c16-11-5-6-14(13(17)8-11)18-15(21)9-19-7-3-1-2-4-12(19)10-20/h5-6,8,12,20H,1-4,7,9-10H2,(H,18,21). The molecule has 1 atom stereocenters. The van der Waals surface area contributed by atoms with Gasteiger partial charge in [0.25, 0.3) is 0 Å². The summed E-state index contributed by atoms with van der Waals surface area (Å²) in [4.78, 5) is 14.3. The molecule has 4 nitrogen and oxygen atoms in total. The molecule has 0 spiro atoms. The Labute approximate surface area is 142 Å². The minimum absolute atomic E-state index is 0.0432. The van der Waals surface area contributed by atoms with E-state index in [2.05, 4.69) is 42.1 Å². The fourth-order valence-corrected chi connectivity index (χ4v) is 3.76. The molecular formula is C15H20Br2N2O2. The second-order valence-corrected chi connectivity index (χ2v) is 7.10. The molecule has 0 radical (unpaired) electrons. The molecule has 1 aliphatic heterocycles. The summed E-state index contributed by atoms with van der Waals surface area (Å²) in [5.41, 5.74) is 0.763. The van der Waals surface area contributed by atoms with Gasteiger partial charge >= 0.3 is 0 Å². The lowest BCUT2D eigenvalue weighted by Crippen LogP contribution is -2.42. The Morgan fingerprint density at radius 1 is 1.33 bits per heavy atom. The number of nitrogens with zero attached hydrogens (tertiary/aromatic N) is 1. The van der Waals surface area contributed by atoms with E-state index in [-0.39, 0.29) is 18.6 Å². The fourth-order valence-electron chi connectivity index (χ4n) is 2.62. The van der Waals surface area contributed by atoms with Crippen LogP contribution >= 0.6 is 31.9 Å². The van der Waals surface area contributed by atoms with Crippen LogP contribution < -0.4 is 5.32 Å². The average molecular weight is 420 g/mol. The lowest BCUT2D eigenvalue weighted by Gasteiger charge is -2.27. The minimum Gasteiger partial charge on any atom is -0.395 e. The van der Waals surface area contributed by atoms with E-state index in [1.807, 2.05) is 18.2 Å². The molecule has 1 unspecified atom stereocenters. The molecule has 1 saturated heterocycles. The Balaban J connectivity index is 1.96. The number of carbonyl (C=O) groups excluding carboxylic acids is 1. The Morgan fingerprint density at radius 2 is 2.14 bits per heavy atom. The maximum Gasteiger partial charge on any atom is 0.238 e. The van der Waals surface area contributed by atoms with Crippen molar-refractivity contribution in [3.8, 4) is 0 Å². The highest BCUT2D eigenvalue weighted by Crippen LogP contribution is 2.26. The van der Waals surface area contributed by atoms with Crippen LogP contribution in [0.5, 0.6) is 0 Å². The summed E-state index contributed by atoms with van der Waals surface area (Å²) in [6.07, 6.45) is 4.35. The van der Waals surface area contributed by atoms with Gasteiger partial charge < -0.3 is 10.4 Å². The zero-order valence-corrected chi connectivity index (χ0v) is 15.0. The third kappa shape index (κ3) is 5.06. The first kappa shape index (κ1) is 16.9. The third-order valence-corrected chi connectivity index (χ3v) is 4.91. The monoisotopic (exact) mass is 418 g/mol. The Hall–Kier alpha value is -0.430. The normalized spacial score (nSPS) is 20.0. The number of carbonyl (C=O) groups is 1. The van der Waals surface area contributed by atoms with Crippen molar-refractivity contribution in [1.82, 2.24) is 4.90 Å². The first-order valence-corrected chi connectivity index (χ1v) is 8.78. The number of halogens is 2. The summed E-state index contributed by atoms with van der Waals surface area (Å²) in [5.74, 6) is -0.0432. The van der Waals surface area contributed by atoms with Crippen LogP contribution in [0.1, 0.15) is 25.7 Å². The van der Waals surface area contributed by atoms with Crippen molar-refractivity contribution in [3.05, 3.63) is 27.1 Å². The van der Waals surface area contributed by atoms with Gasteiger partial charge in [-0.25, -0.2) is 0 Å². The summed E-state index contributed by atoms with van der Waals surface area (Å²) in [6, 6.07) is 5.76. The van der Waals surface area contributed by atoms with Crippen LogP contribution in [0.4, 0.5) is 5.69 Å². The van der Waals surface area contributed by atoms with Crippen LogP contribution in [0.2, 0.25) is 0 Å². The van der Waals surface area contributed by atoms with Crippen molar-refractivity contribution < 1.29 is 9.90 Å². The van der Waals surface area contributed by atoms with Gasteiger partial charge in [0.1, 0.15) is 0 Å². The van der Waals surface area contributed by atoms with Gasteiger partial charge in [-0.15, -0.1) is 0 Å². The Bertz CT molecular complexity index is 497. The highest BCUT2D eigenvalue weighted by atomic mass is 79.9. The Morgan fingerprint density at radius 3 is 2.86 bits per heavy atom. The van der Waals surface area contributed by atoms with Gasteiger partial charge in [-0.3, -0.25) is 9.69 Å². The van der Waals surface area contributed by atoms with E-state index >= 15 is 0 Å². The quantitative estimate of drug-likeness (QED) is 0.786. The summed E-state index contributed by atoms with van der Waals surface area (Å²) in [6.45, 7) is 1.32. The van der Waals surface area contributed by atoms with Gasteiger partial charge in [-0.2, -0.15) is 0 Å². The van der Waals surface area contributed by atoms with E-state index < -0.39 is 0 Å². The fraction of sp³-hybridized carbons (Fsp3) is 0.533. The van der Waals surface area contributed by atoms with Gasteiger partial charge in [0, 0.05) is 15.0 Å². The van der Waals surface area contributed by atoms with Crippen molar-refractivity contribution in [2.75, 3.05) is 25.0 Å².